The van der Waals surface area contributed by atoms with E-state index >= 15 is 0 Å². The van der Waals surface area contributed by atoms with Gasteiger partial charge in [-0.05, 0) is 0 Å². The smallest absolute Gasteiger partial charge is 0.0825 e. The minimum absolute atomic E-state index is 0.958. The quantitative estimate of drug-likeness (QED) is 0.473. The van der Waals surface area contributed by atoms with Gasteiger partial charge in [0, 0.05) is 19.6 Å². The summed E-state index contributed by atoms with van der Waals surface area (Å²) in [7, 11) is 0. The zero-order valence-corrected chi connectivity index (χ0v) is 8.82. The summed E-state index contributed by atoms with van der Waals surface area (Å²) < 4.78 is 0. The van der Waals surface area contributed by atoms with Crippen molar-refractivity contribution in [1.82, 2.24) is 16.0 Å². The van der Waals surface area contributed by atoms with Gasteiger partial charge >= 0.3 is 0 Å². The van der Waals surface area contributed by atoms with Crippen molar-refractivity contribution in [1.29, 1.82) is 0 Å². The Morgan fingerprint density at radius 2 is 0.933 bits per heavy atom. The van der Waals surface area contributed by atoms with Gasteiger partial charge in [0.15, 0.2) is 0 Å². The topological polar surface area (TPSA) is 73.2 Å². The van der Waals surface area contributed by atoms with Crippen LogP contribution in [0.3, 0.4) is 0 Å². The number of hydrogen-bond donors (Lipinski definition) is 3. The third kappa shape index (κ3) is 7.48. The van der Waals surface area contributed by atoms with Crippen LogP contribution in [0.2, 0.25) is 0 Å². The van der Waals surface area contributed by atoms with Gasteiger partial charge in [-0.3, -0.25) is 15.0 Å². The van der Waals surface area contributed by atoms with Crippen LogP contribution in [0, 0.1) is 0 Å². The molecule has 3 heterocycles. The summed E-state index contributed by atoms with van der Waals surface area (Å²) in [6, 6.07) is 0. The summed E-state index contributed by atoms with van der Waals surface area (Å²) in [5, 5.41) is 8.79. The van der Waals surface area contributed by atoms with Crippen molar-refractivity contribution in [3.8, 4) is 0 Å². The lowest BCUT2D eigenvalue weighted by Crippen LogP contribution is -2.04. The molecule has 84 valence electrons. The van der Waals surface area contributed by atoms with Crippen molar-refractivity contribution in [3.05, 3.63) is 0 Å². The summed E-state index contributed by atoms with van der Waals surface area (Å²) in [6.45, 7) is 5.96. The van der Waals surface area contributed by atoms with Crippen molar-refractivity contribution in [2.24, 2.45) is 15.0 Å². The Labute approximate surface area is 90.0 Å². The molecule has 0 atom stereocenters. The Morgan fingerprint density at radius 3 is 1.00 bits per heavy atom. The van der Waals surface area contributed by atoms with Crippen molar-refractivity contribution in [2.45, 2.75) is 0 Å². The van der Waals surface area contributed by atoms with E-state index in [1.165, 1.54) is 0 Å². The van der Waals surface area contributed by atoms with Crippen LogP contribution in [0.1, 0.15) is 0 Å². The Balaban J connectivity index is 0.000000112. The molecule has 0 bridgehead atoms. The molecule has 3 rings (SSSR count). The predicted molar refractivity (Wildman–Crippen MR) is 64.1 cm³/mol. The normalized spacial score (nSPS) is 19.2. The highest BCUT2D eigenvalue weighted by molar-refractivity contribution is 5.56. The Bertz CT molecular complexity index is 167. The zero-order chi connectivity index (χ0) is 10.6. The number of aliphatic imine (C=N–C) groups is 3. The molecule has 3 N–H and O–H groups in total. The average Bonchev–Trinajstić information content (AvgIpc) is 3.09. The van der Waals surface area contributed by atoms with Gasteiger partial charge in [0.25, 0.3) is 0 Å². The molecule has 3 aliphatic rings. The molecule has 3 aliphatic heterocycles. The predicted octanol–water partition coefficient (Wildman–Crippen LogP) is -1.15. The molecule has 0 saturated carbocycles. The lowest BCUT2D eigenvalue weighted by Gasteiger charge is -1.75. The van der Waals surface area contributed by atoms with E-state index < -0.39 is 0 Å². The molecular weight excluding hydrogens is 192 g/mol. The second-order valence-corrected chi connectivity index (χ2v) is 2.97. The molecule has 0 aromatic heterocycles. The zero-order valence-electron chi connectivity index (χ0n) is 8.82. The minimum atomic E-state index is 0.958. The summed E-state index contributed by atoms with van der Waals surface area (Å²) in [5.74, 6) is 0. The van der Waals surface area contributed by atoms with Gasteiger partial charge in [-0.15, -0.1) is 0 Å². The molecule has 0 spiro atoms. The molecule has 0 radical (unpaired) electrons. The monoisotopic (exact) mass is 210 g/mol. The van der Waals surface area contributed by atoms with Crippen LogP contribution in [0.4, 0.5) is 0 Å². The minimum Gasteiger partial charge on any atom is -0.375 e. The first-order valence-corrected chi connectivity index (χ1v) is 5.15. The third-order valence-electron chi connectivity index (χ3n) is 1.70. The number of nitrogens with zero attached hydrogens (tertiary/aromatic N) is 3. The van der Waals surface area contributed by atoms with Gasteiger partial charge in [-0.25, -0.2) is 0 Å². The fraction of sp³-hybridized carbons (Fsp3) is 0.667. The fourth-order valence-electron chi connectivity index (χ4n) is 0.968. The van der Waals surface area contributed by atoms with Gasteiger partial charge < -0.3 is 16.0 Å². The Kier molecular flexibility index (Phi) is 6.88. The maximum Gasteiger partial charge on any atom is 0.0825 e. The summed E-state index contributed by atoms with van der Waals surface area (Å²) in [4.78, 5) is 11.5. The van der Waals surface area contributed by atoms with E-state index in [1.54, 1.807) is 19.0 Å². The second-order valence-electron chi connectivity index (χ2n) is 2.97. The molecule has 0 aromatic carbocycles. The number of hydrogen-bond acceptors (Lipinski definition) is 6. The molecule has 0 aromatic rings. The van der Waals surface area contributed by atoms with E-state index in [2.05, 4.69) is 30.9 Å². The molecule has 0 fully saturated rings. The van der Waals surface area contributed by atoms with Gasteiger partial charge in [-0.1, -0.05) is 0 Å². The van der Waals surface area contributed by atoms with Crippen LogP contribution in [-0.4, -0.2) is 58.3 Å². The van der Waals surface area contributed by atoms with Crippen LogP contribution in [0.5, 0.6) is 0 Å². The summed E-state index contributed by atoms with van der Waals surface area (Å²) in [5.41, 5.74) is 0. The fourth-order valence-corrected chi connectivity index (χ4v) is 0.968. The molecule has 6 heteroatoms. The van der Waals surface area contributed by atoms with E-state index in [-0.39, 0.29) is 0 Å². The molecule has 15 heavy (non-hydrogen) atoms. The largest absolute Gasteiger partial charge is 0.375 e. The van der Waals surface area contributed by atoms with E-state index in [0.29, 0.717) is 0 Å². The standard InChI is InChI=1S/3C3H6N2/c3*1-2-5-3-4-1/h3*3H,1-2H2,(H,4,5). The van der Waals surface area contributed by atoms with E-state index in [9.17, 15) is 0 Å². The lowest BCUT2D eigenvalue weighted by molar-refractivity contribution is 0.965. The first kappa shape index (κ1) is 11.5. The molecule has 0 amide bonds. The van der Waals surface area contributed by atoms with Crippen molar-refractivity contribution in [3.63, 3.8) is 0 Å². The molecule has 0 saturated heterocycles. The van der Waals surface area contributed by atoms with Crippen LogP contribution >= 0.6 is 0 Å². The summed E-state index contributed by atoms with van der Waals surface area (Å²) >= 11 is 0. The van der Waals surface area contributed by atoms with Gasteiger partial charge in [0.2, 0.25) is 0 Å². The van der Waals surface area contributed by atoms with Gasteiger partial charge in [-0.2, -0.15) is 0 Å². The average molecular weight is 210 g/mol. The molecular formula is C9H18N6. The first-order chi connectivity index (χ1) is 7.50. The third-order valence-corrected chi connectivity index (χ3v) is 1.70. The van der Waals surface area contributed by atoms with E-state index in [1.807, 2.05) is 0 Å². The molecule has 6 nitrogen and oxygen atoms in total. The van der Waals surface area contributed by atoms with E-state index in [4.69, 9.17) is 0 Å². The highest BCUT2D eigenvalue weighted by Crippen LogP contribution is 1.69. The van der Waals surface area contributed by atoms with Gasteiger partial charge in [0.1, 0.15) is 0 Å². The van der Waals surface area contributed by atoms with Crippen LogP contribution < -0.4 is 16.0 Å². The molecule has 0 unspecified atom stereocenters. The maximum atomic E-state index is 3.85. The Morgan fingerprint density at radius 1 is 0.600 bits per heavy atom. The highest BCUT2D eigenvalue weighted by atomic mass is 15.0. The summed E-state index contributed by atoms with van der Waals surface area (Å²) in [6.07, 6.45) is 5.21. The Hall–Kier alpha value is -1.59. The molecule has 0 aliphatic carbocycles. The van der Waals surface area contributed by atoms with Crippen molar-refractivity contribution >= 4 is 19.0 Å². The van der Waals surface area contributed by atoms with Crippen molar-refractivity contribution in [2.75, 3.05) is 39.3 Å². The van der Waals surface area contributed by atoms with E-state index in [0.717, 1.165) is 39.3 Å². The lowest BCUT2D eigenvalue weighted by atomic mass is 10.7. The highest BCUT2D eigenvalue weighted by Gasteiger charge is 1.83. The maximum absolute atomic E-state index is 3.85. The van der Waals surface area contributed by atoms with Crippen LogP contribution in [-0.2, 0) is 0 Å². The second kappa shape index (κ2) is 8.98. The van der Waals surface area contributed by atoms with Crippen molar-refractivity contribution < 1.29 is 0 Å². The SMILES string of the molecule is C1=NCCN1.C1=NCCN1.C1=NCCN1. The number of rotatable bonds is 0. The van der Waals surface area contributed by atoms with Crippen LogP contribution in [0.15, 0.2) is 15.0 Å². The van der Waals surface area contributed by atoms with Crippen LogP contribution in [0.25, 0.3) is 0 Å². The van der Waals surface area contributed by atoms with Gasteiger partial charge in [0.05, 0.1) is 38.6 Å². The first-order valence-electron chi connectivity index (χ1n) is 5.15. The number of nitrogens with one attached hydrogen (secondary N) is 3.